The largest absolute Gasteiger partial charge is 0.481 e. The average Bonchev–Trinajstić information content (AvgIpc) is 3.20. The number of aryl methyl sites for hydroxylation is 2. The minimum atomic E-state index is -1.25. The van der Waals surface area contributed by atoms with Crippen molar-refractivity contribution in [2.75, 3.05) is 26.2 Å². The molecule has 0 unspecified atom stereocenters. The highest BCUT2D eigenvalue weighted by Crippen LogP contribution is 2.44. The van der Waals surface area contributed by atoms with Crippen molar-refractivity contribution >= 4 is 17.8 Å². The molecule has 3 rings (SSSR count). The number of likely N-dealkylation sites (tertiary alicyclic amines) is 2. The first-order chi connectivity index (χ1) is 11.8. The smallest absolute Gasteiger partial charge is 0.314 e. The molecule has 0 spiro atoms. The van der Waals surface area contributed by atoms with Crippen molar-refractivity contribution in [1.82, 2.24) is 19.6 Å². The molecule has 2 amide bonds. The second kappa shape index (κ2) is 6.02. The molecule has 1 aromatic rings. The molecule has 0 bridgehead atoms. The second-order valence-corrected chi connectivity index (χ2v) is 6.69. The van der Waals surface area contributed by atoms with E-state index in [0.29, 0.717) is 18.8 Å². The molecule has 2 fully saturated rings. The van der Waals surface area contributed by atoms with E-state index in [1.807, 2.05) is 6.92 Å². The van der Waals surface area contributed by atoms with Gasteiger partial charge < -0.3 is 14.9 Å². The van der Waals surface area contributed by atoms with Gasteiger partial charge in [0, 0.05) is 32.7 Å². The standard InChI is InChI=1S/C17H22N4O4/c1-4-6-19-9-17(16(24)25)10-20(8-12(17)14(19)22)15(23)13-7-11(3)18-21(13)5-2/h4,7,12H,1,5-6,8-10H2,2-3H3,(H,24,25)/t12-,17+/m1/s1. The predicted octanol–water partition coefficient (Wildman–Crippen LogP) is 0.383. The molecule has 2 aliphatic heterocycles. The molecule has 1 N–H and O–H groups in total. The van der Waals surface area contributed by atoms with Crippen molar-refractivity contribution in [2.45, 2.75) is 20.4 Å². The highest BCUT2D eigenvalue weighted by Gasteiger charge is 2.62. The fraction of sp³-hybridized carbons (Fsp3) is 0.529. The fourth-order valence-electron chi connectivity index (χ4n) is 3.89. The number of fused-ring (bicyclic) bond motifs is 1. The summed E-state index contributed by atoms with van der Waals surface area (Å²) in [6, 6.07) is 1.69. The number of carbonyl (C=O) groups is 3. The summed E-state index contributed by atoms with van der Waals surface area (Å²) in [4.78, 5) is 40.4. The summed E-state index contributed by atoms with van der Waals surface area (Å²) in [7, 11) is 0. The third kappa shape index (κ3) is 2.52. The Balaban J connectivity index is 1.89. The summed E-state index contributed by atoms with van der Waals surface area (Å²) in [6.45, 7) is 8.41. The first kappa shape index (κ1) is 17.2. The normalized spacial score (nSPS) is 25.4. The van der Waals surface area contributed by atoms with Gasteiger partial charge in [-0.05, 0) is 19.9 Å². The molecule has 134 valence electrons. The van der Waals surface area contributed by atoms with Crippen molar-refractivity contribution in [1.29, 1.82) is 0 Å². The summed E-state index contributed by atoms with van der Waals surface area (Å²) in [5.41, 5.74) is -0.0938. The van der Waals surface area contributed by atoms with Gasteiger partial charge in [-0.2, -0.15) is 5.10 Å². The number of hydrogen-bond donors (Lipinski definition) is 1. The van der Waals surface area contributed by atoms with Gasteiger partial charge in [-0.3, -0.25) is 19.1 Å². The maximum absolute atomic E-state index is 12.9. The van der Waals surface area contributed by atoms with Crippen LogP contribution >= 0.6 is 0 Å². The Morgan fingerprint density at radius 2 is 2.20 bits per heavy atom. The zero-order valence-corrected chi connectivity index (χ0v) is 14.4. The van der Waals surface area contributed by atoms with Crippen LogP contribution in [0.2, 0.25) is 0 Å². The number of rotatable bonds is 5. The fourth-order valence-corrected chi connectivity index (χ4v) is 3.89. The van der Waals surface area contributed by atoms with Crippen LogP contribution in [0.4, 0.5) is 0 Å². The van der Waals surface area contributed by atoms with Gasteiger partial charge >= 0.3 is 5.97 Å². The van der Waals surface area contributed by atoms with Crippen LogP contribution < -0.4 is 0 Å². The molecular formula is C17H22N4O4. The Bertz CT molecular complexity index is 756. The van der Waals surface area contributed by atoms with Gasteiger partial charge in [0.25, 0.3) is 5.91 Å². The van der Waals surface area contributed by atoms with Crippen LogP contribution in [0.15, 0.2) is 18.7 Å². The highest BCUT2D eigenvalue weighted by molar-refractivity contribution is 5.97. The third-order valence-electron chi connectivity index (χ3n) is 5.11. The van der Waals surface area contributed by atoms with Crippen LogP contribution in [0, 0.1) is 18.3 Å². The van der Waals surface area contributed by atoms with E-state index >= 15 is 0 Å². The van der Waals surface area contributed by atoms with E-state index in [1.165, 1.54) is 9.80 Å². The number of aromatic nitrogens is 2. The Morgan fingerprint density at radius 3 is 2.76 bits per heavy atom. The van der Waals surface area contributed by atoms with Crippen molar-refractivity contribution in [3.63, 3.8) is 0 Å². The first-order valence-electron chi connectivity index (χ1n) is 8.31. The van der Waals surface area contributed by atoms with E-state index in [2.05, 4.69) is 11.7 Å². The van der Waals surface area contributed by atoms with Crippen molar-refractivity contribution in [2.24, 2.45) is 11.3 Å². The molecule has 8 nitrogen and oxygen atoms in total. The maximum Gasteiger partial charge on any atom is 0.314 e. The lowest BCUT2D eigenvalue weighted by Crippen LogP contribution is -2.42. The Labute approximate surface area is 145 Å². The first-order valence-corrected chi connectivity index (χ1v) is 8.31. The zero-order valence-electron chi connectivity index (χ0n) is 14.4. The van der Waals surface area contributed by atoms with E-state index in [9.17, 15) is 19.5 Å². The van der Waals surface area contributed by atoms with E-state index in [0.717, 1.165) is 5.69 Å². The monoisotopic (exact) mass is 346 g/mol. The van der Waals surface area contributed by atoms with Crippen LogP contribution in [0.5, 0.6) is 0 Å². The number of hydrogen-bond acceptors (Lipinski definition) is 4. The van der Waals surface area contributed by atoms with Gasteiger partial charge in [0.1, 0.15) is 11.1 Å². The van der Waals surface area contributed by atoms with Crippen LogP contribution in [0.25, 0.3) is 0 Å². The summed E-state index contributed by atoms with van der Waals surface area (Å²) in [6.07, 6.45) is 1.58. The van der Waals surface area contributed by atoms with Gasteiger partial charge in [0.15, 0.2) is 0 Å². The van der Waals surface area contributed by atoms with Crippen LogP contribution in [0.3, 0.4) is 0 Å². The molecule has 0 radical (unpaired) electrons. The molecule has 3 heterocycles. The minimum Gasteiger partial charge on any atom is -0.481 e. The van der Waals surface area contributed by atoms with Gasteiger partial charge in [0.05, 0.1) is 11.6 Å². The lowest BCUT2D eigenvalue weighted by Gasteiger charge is -2.24. The Kier molecular flexibility index (Phi) is 4.14. The molecule has 1 aromatic heterocycles. The molecule has 25 heavy (non-hydrogen) atoms. The molecule has 2 atom stereocenters. The van der Waals surface area contributed by atoms with Crippen molar-refractivity contribution in [3.8, 4) is 0 Å². The molecule has 8 heteroatoms. The minimum absolute atomic E-state index is 0.0269. The SMILES string of the molecule is C=CCN1C[C@]2(C(=O)O)CN(C(=O)c3cc(C)nn3CC)C[C@@H]2C1=O. The third-order valence-corrected chi connectivity index (χ3v) is 5.11. The van der Waals surface area contributed by atoms with Crippen LogP contribution in [0.1, 0.15) is 23.1 Å². The maximum atomic E-state index is 12.9. The summed E-state index contributed by atoms with van der Waals surface area (Å²) in [5, 5.41) is 14.1. The lowest BCUT2D eigenvalue weighted by molar-refractivity contribution is -0.149. The average molecular weight is 346 g/mol. The molecule has 2 aliphatic rings. The van der Waals surface area contributed by atoms with Gasteiger partial charge in [0.2, 0.25) is 5.91 Å². The predicted molar refractivity (Wildman–Crippen MR) is 88.9 cm³/mol. The number of carboxylic acids is 1. The van der Waals surface area contributed by atoms with Crippen LogP contribution in [-0.2, 0) is 16.1 Å². The number of aliphatic carboxylic acids is 1. The van der Waals surface area contributed by atoms with E-state index in [1.54, 1.807) is 23.7 Å². The molecule has 0 saturated carbocycles. The van der Waals surface area contributed by atoms with Crippen LogP contribution in [-0.4, -0.2) is 68.6 Å². The van der Waals surface area contributed by atoms with Gasteiger partial charge in [-0.25, -0.2) is 0 Å². The Hall–Kier alpha value is -2.64. The van der Waals surface area contributed by atoms with E-state index in [4.69, 9.17) is 0 Å². The van der Waals surface area contributed by atoms with Crippen molar-refractivity contribution in [3.05, 3.63) is 30.1 Å². The van der Waals surface area contributed by atoms with E-state index in [-0.39, 0.29) is 31.4 Å². The second-order valence-electron chi connectivity index (χ2n) is 6.69. The van der Waals surface area contributed by atoms with Gasteiger partial charge in [-0.1, -0.05) is 6.08 Å². The van der Waals surface area contributed by atoms with E-state index < -0.39 is 17.3 Å². The summed E-state index contributed by atoms with van der Waals surface area (Å²) >= 11 is 0. The molecular weight excluding hydrogens is 324 g/mol. The Morgan fingerprint density at radius 1 is 1.48 bits per heavy atom. The highest BCUT2D eigenvalue weighted by atomic mass is 16.4. The summed E-state index contributed by atoms with van der Waals surface area (Å²) < 4.78 is 1.60. The topological polar surface area (TPSA) is 95.7 Å². The molecule has 2 saturated heterocycles. The number of nitrogens with zero attached hydrogens (tertiary/aromatic N) is 4. The van der Waals surface area contributed by atoms with Crippen molar-refractivity contribution < 1.29 is 19.5 Å². The number of carboxylic acid groups (broad SMARTS) is 1. The lowest BCUT2D eigenvalue weighted by atomic mass is 9.81. The molecule has 0 aliphatic carbocycles. The quantitative estimate of drug-likeness (QED) is 0.778. The zero-order chi connectivity index (χ0) is 18.4. The summed E-state index contributed by atoms with van der Waals surface area (Å²) in [5.74, 6) is -2.25. The van der Waals surface area contributed by atoms with Gasteiger partial charge in [-0.15, -0.1) is 6.58 Å². The number of carbonyl (C=O) groups excluding carboxylic acids is 2. The molecule has 0 aromatic carbocycles. The number of amides is 2.